The van der Waals surface area contributed by atoms with E-state index in [0.717, 1.165) is 13.1 Å². The predicted octanol–water partition coefficient (Wildman–Crippen LogP) is 4.13. The normalized spacial score (nSPS) is 13.1. The molecule has 1 atom stereocenters. The second-order valence-electron chi connectivity index (χ2n) is 5.53. The van der Waals surface area contributed by atoms with Crippen LogP contribution < -0.4 is 10.1 Å². The van der Waals surface area contributed by atoms with Crippen molar-refractivity contribution < 1.29 is 9.13 Å². The van der Waals surface area contributed by atoms with E-state index >= 15 is 0 Å². The molecule has 2 nitrogen and oxygen atoms in total. The predicted molar refractivity (Wildman–Crippen MR) is 78.4 cm³/mol. The lowest BCUT2D eigenvalue weighted by Gasteiger charge is -2.23. The zero-order chi connectivity index (χ0) is 14.4. The molecule has 0 saturated carbocycles. The minimum absolute atomic E-state index is 0.0133. The molecule has 1 rings (SSSR count). The van der Waals surface area contributed by atoms with Crippen molar-refractivity contribution in [3.63, 3.8) is 0 Å². The van der Waals surface area contributed by atoms with Gasteiger partial charge >= 0.3 is 0 Å². The third kappa shape index (κ3) is 5.79. The topological polar surface area (TPSA) is 21.3 Å². The van der Waals surface area contributed by atoms with Crippen LogP contribution >= 0.6 is 11.6 Å². The molecule has 4 heteroatoms. The van der Waals surface area contributed by atoms with Gasteiger partial charge in [-0.05, 0) is 30.5 Å². The number of ether oxygens (including phenoxy) is 1. The summed E-state index contributed by atoms with van der Waals surface area (Å²) in [5.41, 5.74) is 0. The van der Waals surface area contributed by atoms with Gasteiger partial charge in [0.1, 0.15) is 17.7 Å². The lowest BCUT2D eigenvalue weighted by Crippen LogP contribution is -2.36. The van der Waals surface area contributed by atoms with Crippen LogP contribution in [0.2, 0.25) is 5.02 Å². The van der Waals surface area contributed by atoms with Crippen molar-refractivity contribution in [3.8, 4) is 5.75 Å². The monoisotopic (exact) mass is 287 g/mol. The lowest BCUT2D eigenvalue weighted by molar-refractivity contribution is 0.147. The van der Waals surface area contributed by atoms with Gasteiger partial charge in [0.25, 0.3) is 0 Å². The van der Waals surface area contributed by atoms with Crippen LogP contribution in [0.1, 0.15) is 27.7 Å². The number of rotatable bonds is 7. The van der Waals surface area contributed by atoms with E-state index in [2.05, 4.69) is 33.0 Å². The van der Waals surface area contributed by atoms with Gasteiger partial charge in [-0.25, -0.2) is 4.39 Å². The molecular formula is C15H23ClFNO. The Morgan fingerprint density at radius 2 is 1.89 bits per heavy atom. The van der Waals surface area contributed by atoms with Crippen LogP contribution in [-0.2, 0) is 0 Å². The highest BCUT2D eigenvalue weighted by molar-refractivity contribution is 6.30. The zero-order valence-corrected chi connectivity index (χ0v) is 12.8. The van der Waals surface area contributed by atoms with Crippen molar-refractivity contribution in [2.75, 3.05) is 13.1 Å². The summed E-state index contributed by atoms with van der Waals surface area (Å²) >= 11 is 5.66. The van der Waals surface area contributed by atoms with E-state index in [1.54, 1.807) is 6.07 Å². The fourth-order valence-electron chi connectivity index (χ4n) is 1.65. The van der Waals surface area contributed by atoms with Gasteiger partial charge in [-0.15, -0.1) is 0 Å². The third-order valence-electron chi connectivity index (χ3n) is 2.82. The first-order valence-corrected chi connectivity index (χ1v) is 7.10. The molecule has 1 aromatic rings. The maximum atomic E-state index is 13.4. The number of benzene rings is 1. The number of hydrogen-bond donors (Lipinski definition) is 1. The van der Waals surface area contributed by atoms with Gasteiger partial charge in [0.15, 0.2) is 0 Å². The average Bonchev–Trinajstić information content (AvgIpc) is 2.32. The summed E-state index contributed by atoms with van der Waals surface area (Å²) in [5.74, 6) is 1.02. The molecule has 0 spiro atoms. The highest BCUT2D eigenvalue weighted by Crippen LogP contribution is 2.22. The molecule has 0 saturated heterocycles. The third-order valence-corrected chi connectivity index (χ3v) is 3.13. The van der Waals surface area contributed by atoms with E-state index in [1.165, 1.54) is 12.1 Å². The standard InChI is InChI=1S/C15H23ClFNO/c1-10(2)8-18-9-15(11(3)4)19-12-5-6-13(16)14(17)7-12/h5-7,10-11,15,18H,8-9H2,1-4H3. The Labute approximate surface area is 120 Å². The number of halogens is 2. The summed E-state index contributed by atoms with van der Waals surface area (Å²) in [5, 5.41) is 3.48. The van der Waals surface area contributed by atoms with Crippen LogP contribution in [0, 0.1) is 17.7 Å². The molecule has 19 heavy (non-hydrogen) atoms. The van der Waals surface area contributed by atoms with Gasteiger partial charge < -0.3 is 10.1 Å². The van der Waals surface area contributed by atoms with Crippen LogP contribution in [0.3, 0.4) is 0 Å². The zero-order valence-electron chi connectivity index (χ0n) is 12.0. The first-order chi connectivity index (χ1) is 8.90. The highest BCUT2D eigenvalue weighted by Gasteiger charge is 2.15. The number of hydrogen-bond acceptors (Lipinski definition) is 2. The minimum Gasteiger partial charge on any atom is -0.489 e. The molecule has 108 valence electrons. The molecule has 1 N–H and O–H groups in total. The maximum absolute atomic E-state index is 13.4. The summed E-state index contributed by atoms with van der Waals surface area (Å²) in [7, 11) is 0. The van der Waals surface area contributed by atoms with Gasteiger partial charge in [-0.3, -0.25) is 0 Å². The van der Waals surface area contributed by atoms with E-state index in [4.69, 9.17) is 16.3 Å². The Kier molecular flexibility index (Phi) is 6.59. The summed E-state index contributed by atoms with van der Waals surface area (Å²) in [6.07, 6.45) is 0.0133. The average molecular weight is 288 g/mol. The maximum Gasteiger partial charge on any atom is 0.145 e. The van der Waals surface area contributed by atoms with E-state index in [-0.39, 0.29) is 11.1 Å². The van der Waals surface area contributed by atoms with Gasteiger partial charge in [-0.1, -0.05) is 39.3 Å². The summed E-state index contributed by atoms with van der Waals surface area (Å²) in [6, 6.07) is 4.55. The van der Waals surface area contributed by atoms with Crippen LogP contribution in [0.15, 0.2) is 18.2 Å². The second kappa shape index (κ2) is 7.71. The molecule has 1 unspecified atom stereocenters. The lowest BCUT2D eigenvalue weighted by atomic mass is 10.1. The molecule has 0 radical (unpaired) electrons. The Bertz CT molecular complexity index is 396. The van der Waals surface area contributed by atoms with Crippen molar-refractivity contribution in [1.29, 1.82) is 0 Å². The first kappa shape index (κ1) is 16.3. The minimum atomic E-state index is -0.447. The quantitative estimate of drug-likeness (QED) is 0.814. The summed E-state index contributed by atoms with van der Waals surface area (Å²) in [6.45, 7) is 10.2. The van der Waals surface area contributed by atoms with E-state index in [1.807, 2.05) is 0 Å². The smallest absolute Gasteiger partial charge is 0.145 e. The Morgan fingerprint density at radius 1 is 1.21 bits per heavy atom. The first-order valence-electron chi connectivity index (χ1n) is 6.72. The van der Waals surface area contributed by atoms with Crippen molar-refractivity contribution in [2.24, 2.45) is 11.8 Å². The van der Waals surface area contributed by atoms with E-state index in [9.17, 15) is 4.39 Å². The summed E-state index contributed by atoms with van der Waals surface area (Å²) in [4.78, 5) is 0. The SMILES string of the molecule is CC(C)CNCC(Oc1ccc(Cl)c(F)c1)C(C)C. The largest absolute Gasteiger partial charge is 0.489 e. The molecule has 0 aromatic heterocycles. The fourth-order valence-corrected chi connectivity index (χ4v) is 1.77. The van der Waals surface area contributed by atoms with Gasteiger partial charge in [0, 0.05) is 12.6 Å². The van der Waals surface area contributed by atoms with E-state index in [0.29, 0.717) is 17.6 Å². The molecule has 0 amide bonds. The van der Waals surface area contributed by atoms with Gasteiger partial charge in [0.2, 0.25) is 0 Å². The van der Waals surface area contributed by atoms with Gasteiger partial charge in [-0.2, -0.15) is 0 Å². The summed E-state index contributed by atoms with van der Waals surface area (Å²) < 4.78 is 19.2. The molecule has 0 aliphatic rings. The molecule has 0 heterocycles. The Balaban J connectivity index is 2.59. The number of nitrogens with one attached hydrogen (secondary N) is 1. The second-order valence-corrected chi connectivity index (χ2v) is 5.94. The molecule has 0 fully saturated rings. The van der Waals surface area contributed by atoms with Gasteiger partial charge in [0.05, 0.1) is 5.02 Å². The molecule has 0 bridgehead atoms. The van der Waals surface area contributed by atoms with Crippen LogP contribution in [0.4, 0.5) is 4.39 Å². The van der Waals surface area contributed by atoms with Crippen molar-refractivity contribution in [3.05, 3.63) is 29.0 Å². The van der Waals surface area contributed by atoms with Crippen LogP contribution in [0.25, 0.3) is 0 Å². The van der Waals surface area contributed by atoms with Crippen molar-refractivity contribution in [1.82, 2.24) is 5.32 Å². The van der Waals surface area contributed by atoms with Crippen molar-refractivity contribution >= 4 is 11.6 Å². The molecular weight excluding hydrogens is 265 g/mol. The Hall–Kier alpha value is -0.800. The Morgan fingerprint density at radius 3 is 2.42 bits per heavy atom. The molecule has 0 aliphatic heterocycles. The van der Waals surface area contributed by atoms with E-state index < -0.39 is 5.82 Å². The van der Waals surface area contributed by atoms with Crippen LogP contribution in [-0.4, -0.2) is 19.2 Å². The molecule has 0 aliphatic carbocycles. The van der Waals surface area contributed by atoms with Crippen molar-refractivity contribution in [2.45, 2.75) is 33.8 Å². The highest BCUT2D eigenvalue weighted by atomic mass is 35.5. The van der Waals surface area contributed by atoms with Crippen LogP contribution in [0.5, 0.6) is 5.75 Å². The molecule has 1 aromatic carbocycles. The fraction of sp³-hybridized carbons (Fsp3) is 0.600.